The number of benzene rings is 2. The Morgan fingerprint density at radius 2 is 1.78 bits per heavy atom. The third-order valence-corrected chi connectivity index (χ3v) is 5.70. The average Bonchev–Trinajstić information content (AvgIpc) is 2.81. The van der Waals surface area contributed by atoms with E-state index in [9.17, 15) is 14.4 Å². The van der Waals surface area contributed by atoms with E-state index < -0.39 is 0 Å². The highest BCUT2D eigenvalue weighted by atomic mass is 16.5. The number of unbranched alkanes of at least 4 members (excludes halogenated alkanes) is 3. The van der Waals surface area contributed by atoms with E-state index in [-0.39, 0.29) is 30.2 Å². The Balaban J connectivity index is 1.52. The summed E-state index contributed by atoms with van der Waals surface area (Å²) in [6.07, 6.45) is 5.30. The van der Waals surface area contributed by atoms with Crippen LogP contribution in [0.5, 0.6) is 5.75 Å². The summed E-state index contributed by atoms with van der Waals surface area (Å²) in [5.74, 6) is -0.202. The van der Waals surface area contributed by atoms with Crippen molar-refractivity contribution in [2.24, 2.45) is 0 Å². The van der Waals surface area contributed by atoms with Crippen LogP contribution in [-0.4, -0.2) is 35.8 Å². The SMILES string of the molecule is CCCCCCNC(=O)COc1ccc(C2CCC(=O)N(Cc3ccccc3)C2=O)cc1. The van der Waals surface area contributed by atoms with Crippen molar-refractivity contribution in [2.75, 3.05) is 13.2 Å². The number of carbonyl (C=O) groups excluding carboxylic acids is 3. The van der Waals surface area contributed by atoms with E-state index in [2.05, 4.69) is 12.2 Å². The van der Waals surface area contributed by atoms with Gasteiger partial charge in [0.1, 0.15) is 5.75 Å². The zero-order chi connectivity index (χ0) is 22.8. The van der Waals surface area contributed by atoms with Crippen LogP contribution in [0.15, 0.2) is 54.6 Å². The number of nitrogens with zero attached hydrogens (tertiary/aromatic N) is 1. The van der Waals surface area contributed by atoms with Crippen molar-refractivity contribution in [2.45, 2.75) is 57.9 Å². The molecule has 3 amide bonds. The third-order valence-electron chi connectivity index (χ3n) is 5.70. The van der Waals surface area contributed by atoms with Gasteiger partial charge in [0.25, 0.3) is 5.91 Å². The predicted molar refractivity (Wildman–Crippen MR) is 123 cm³/mol. The third kappa shape index (κ3) is 6.67. The molecule has 0 saturated carbocycles. The molecule has 0 aliphatic carbocycles. The van der Waals surface area contributed by atoms with Gasteiger partial charge in [-0.25, -0.2) is 0 Å². The summed E-state index contributed by atoms with van der Waals surface area (Å²) >= 11 is 0. The van der Waals surface area contributed by atoms with Gasteiger partial charge in [0.05, 0.1) is 12.5 Å². The Morgan fingerprint density at radius 1 is 1.03 bits per heavy atom. The van der Waals surface area contributed by atoms with E-state index in [0.717, 1.165) is 24.0 Å². The molecule has 3 rings (SSSR count). The van der Waals surface area contributed by atoms with Gasteiger partial charge in [-0.2, -0.15) is 0 Å². The highest BCUT2D eigenvalue weighted by Crippen LogP contribution is 2.30. The van der Waals surface area contributed by atoms with Gasteiger partial charge in [-0.3, -0.25) is 19.3 Å². The zero-order valence-electron chi connectivity index (χ0n) is 18.7. The summed E-state index contributed by atoms with van der Waals surface area (Å²) < 4.78 is 5.57. The van der Waals surface area contributed by atoms with E-state index in [1.807, 2.05) is 42.5 Å². The lowest BCUT2D eigenvalue weighted by atomic mass is 9.89. The summed E-state index contributed by atoms with van der Waals surface area (Å²) in [5.41, 5.74) is 1.79. The first-order chi connectivity index (χ1) is 15.6. The molecule has 32 heavy (non-hydrogen) atoms. The van der Waals surface area contributed by atoms with Crippen molar-refractivity contribution >= 4 is 17.7 Å². The van der Waals surface area contributed by atoms with Gasteiger partial charge in [-0.15, -0.1) is 0 Å². The van der Waals surface area contributed by atoms with E-state index in [1.54, 1.807) is 12.1 Å². The number of ether oxygens (including phenoxy) is 1. The summed E-state index contributed by atoms with van der Waals surface area (Å²) in [6, 6.07) is 16.8. The van der Waals surface area contributed by atoms with Crippen LogP contribution in [0, 0.1) is 0 Å². The normalized spacial score (nSPS) is 16.2. The monoisotopic (exact) mass is 436 g/mol. The van der Waals surface area contributed by atoms with E-state index in [0.29, 0.717) is 31.7 Å². The van der Waals surface area contributed by atoms with Gasteiger partial charge in [0, 0.05) is 13.0 Å². The smallest absolute Gasteiger partial charge is 0.257 e. The van der Waals surface area contributed by atoms with Crippen molar-refractivity contribution in [3.8, 4) is 5.75 Å². The van der Waals surface area contributed by atoms with Crippen LogP contribution in [0.4, 0.5) is 0 Å². The van der Waals surface area contributed by atoms with Crippen LogP contribution < -0.4 is 10.1 Å². The molecule has 0 radical (unpaired) electrons. The molecule has 0 spiro atoms. The number of rotatable bonds is 11. The topological polar surface area (TPSA) is 75.7 Å². The Hall–Kier alpha value is -3.15. The molecule has 6 nitrogen and oxygen atoms in total. The number of hydrogen-bond donors (Lipinski definition) is 1. The van der Waals surface area contributed by atoms with Crippen LogP contribution in [0.2, 0.25) is 0 Å². The van der Waals surface area contributed by atoms with Gasteiger partial charge in [0.15, 0.2) is 6.61 Å². The fourth-order valence-electron chi connectivity index (χ4n) is 3.85. The molecule has 6 heteroatoms. The molecule has 1 aliphatic heterocycles. The number of likely N-dealkylation sites (tertiary alicyclic amines) is 1. The van der Waals surface area contributed by atoms with Gasteiger partial charge in [-0.05, 0) is 36.1 Å². The number of piperidine rings is 1. The lowest BCUT2D eigenvalue weighted by molar-refractivity contribution is -0.150. The molecule has 170 valence electrons. The maximum Gasteiger partial charge on any atom is 0.257 e. The highest BCUT2D eigenvalue weighted by molar-refractivity contribution is 6.01. The molecule has 1 heterocycles. The number of imide groups is 1. The van der Waals surface area contributed by atoms with E-state index >= 15 is 0 Å². The predicted octanol–water partition coefficient (Wildman–Crippen LogP) is 4.19. The molecule has 1 unspecified atom stereocenters. The minimum absolute atomic E-state index is 0.0329. The Labute approximate surface area is 189 Å². The molecule has 0 bridgehead atoms. The van der Waals surface area contributed by atoms with Gasteiger partial charge >= 0.3 is 0 Å². The van der Waals surface area contributed by atoms with Crippen LogP contribution in [-0.2, 0) is 20.9 Å². The van der Waals surface area contributed by atoms with Crippen LogP contribution in [0.3, 0.4) is 0 Å². The summed E-state index contributed by atoms with van der Waals surface area (Å²) in [5, 5.41) is 2.86. The fourth-order valence-corrected chi connectivity index (χ4v) is 3.85. The van der Waals surface area contributed by atoms with Gasteiger partial charge < -0.3 is 10.1 Å². The first-order valence-corrected chi connectivity index (χ1v) is 11.5. The Kier molecular flexibility index (Phi) is 8.84. The zero-order valence-corrected chi connectivity index (χ0v) is 18.7. The number of nitrogens with one attached hydrogen (secondary N) is 1. The minimum atomic E-state index is -0.350. The summed E-state index contributed by atoms with van der Waals surface area (Å²) in [7, 11) is 0. The van der Waals surface area contributed by atoms with Crippen molar-refractivity contribution in [1.82, 2.24) is 10.2 Å². The first kappa shape index (κ1) is 23.5. The minimum Gasteiger partial charge on any atom is -0.484 e. The number of carbonyl (C=O) groups is 3. The van der Waals surface area contributed by atoms with Crippen molar-refractivity contribution < 1.29 is 19.1 Å². The van der Waals surface area contributed by atoms with E-state index in [1.165, 1.54) is 17.7 Å². The van der Waals surface area contributed by atoms with Crippen molar-refractivity contribution in [3.05, 3.63) is 65.7 Å². The second kappa shape index (κ2) is 12.0. The second-order valence-corrected chi connectivity index (χ2v) is 8.16. The summed E-state index contributed by atoms with van der Waals surface area (Å²) in [4.78, 5) is 38.7. The quantitative estimate of drug-likeness (QED) is 0.423. The second-order valence-electron chi connectivity index (χ2n) is 8.16. The lowest BCUT2D eigenvalue weighted by Crippen LogP contribution is -2.43. The Morgan fingerprint density at radius 3 is 2.50 bits per heavy atom. The molecule has 1 saturated heterocycles. The first-order valence-electron chi connectivity index (χ1n) is 11.5. The summed E-state index contributed by atoms with van der Waals surface area (Å²) in [6.45, 7) is 3.09. The number of amides is 3. The molecular weight excluding hydrogens is 404 g/mol. The molecule has 1 atom stereocenters. The maximum atomic E-state index is 13.0. The molecule has 2 aromatic carbocycles. The lowest BCUT2D eigenvalue weighted by Gasteiger charge is -2.31. The fraction of sp³-hybridized carbons (Fsp3) is 0.423. The van der Waals surface area contributed by atoms with Gasteiger partial charge in [-0.1, -0.05) is 68.7 Å². The Bertz CT molecular complexity index is 896. The average molecular weight is 437 g/mol. The molecule has 2 aromatic rings. The molecule has 1 fully saturated rings. The van der Waals surface area contributed by atoms with Crippen molar-refractivity contribution in [3.63, 3.8) is 0 Å². The largest absolute Gasteiger partial charge is 0.484 e. The van der Waals surface area contributed by atoms with Crippen LogP contribution in [0.1, 0.15) is 62.5 Å². The van der Waals surface area contributed by atoms with E-state index in [4.69, 9.17) is 4.74 Å². The van der Waals surface area contributed by atoms with Crippen LogP contribution in [0.25, 0.3) is 0 Å². The number of hydrogen-bond acceptors (Lipinski definition) is 4. The van der Waals surface area contributed by atoms with Crippen molar-refractivity contribution in [1.29, 1.82) is 0 Å². The molecule has 1 N–H and O–H groups in total. The molecule has 1 aliphatic rings. The highest BCUT2D eigenvalue weighted by Gasteiger charge is 2.35. The maximum absolute atomic E-state index is 13.0. The molecular formula is C26H32N2O4. The van der Waals surface area contributed by atoms with Gasteiger partial charge in [0.2, 0.25) is 11.8 Å². The standard InChI is InChI=1S/C26H32N2O4/c1-2-3-4-8-17-27-24(29)19-32-22-13-11-21(12-14-22)23-15-16-25(30)28(26(23)31)18-20-9-6-5-7-10-20/h5-7,9-14,23H,2-4,8,15-19H2,1H3,(H,27,29). The molecule has 0 aromatic heterocycles. The van der Waals surface area contributed by atoms with Crippen LogP contribution >= 0.6 is 0 Å².